The van der Waals surface area contributed by atoms with Gasteiger partial charge in [-0.1, -0.05) is 6.07 Å². The second-order valence-electron chi connectivity index (χ2n) is 7.15. The quantitative estimate of drug-likeness (QED) is 0.578. The molecule has 3 aromatic rings. The van der Waals surface area contributed by atoms with Gasteiger partial charge in [-0.3, -0.25) is 4.79 Å². The fourth-order valence-corrected chi connectivity index (χ4v) is 3.30. The number of anilines is 4. The maximum atomic E-state index is 14.2. The number of benzene rings is 2. The Hall–Kier alpha value is -3.72. The van der Waals surface area contributed by atoms with Gasteiger partial charge in [0.25, 0.3) is 5.91 Å². The van der Waals surface area contributed by atoms with Gasteiger partial charge in [0.1, 0.15) is 11.6 Å². The number of amides is 1. The van der Waals surface area contributed by atoms with E-state index in [-0.39, 0.29) is 11.6 Å². The summed E-state index contributed by atoms with van der Waals surface area (Å²) in [5.41, 5.74) is 3.04. The summed E-state index contributed by atoms with van der Waals surface area (Å²) in [5.74, 6) is -0.466. The minimum atomic E-state index is -0.469. The zero-order valence-corrected chi connectivity index (χ0v) is 16.9. The molecule has 1 saturated heterocycles. The Bertz CT molecular complexity index is 1100. The molecule has 0 radical (unpaired) electrons. The van der Waals surface area contributed by atoms with E-state index in [1.54, 1.807) is 24.3 Å². The van der Waals surface area contributed by atoms with Crippen molar-refractivity contribution in [3.8, 4) is 6.01 Å². The van der Waals surface area contributed by atoms with Crippen LogP contribution < -0.4 is 15.5 Å². The molecule has 2 aromatic carbocycles. The van der Waals surface area contributed by atoms with Crippen LogP contribution in [0, 0.1) is 12.7 Å². The number of hydrogen-bond donors (Lipinski definition) is 3. The molecule has 2 heterocycles. The van der Waals surface area contributed by atoms with Gasteiger partial charge in [-0.2, -0.15) is 4.98 Å². The van der Waals surface area contributed by atoms with Crippen molar-refractivity contribution >= 4 is 28.8 Å². The van der Waals surface area contributed by atoms with Crippen LogP contribution in [0.15, 0.2) is 48.7 Å². The molecule has 0 atom stereocenters. The molecule has 0 aliphatic carbocycles. The lowest BCUT2D eigenvalue weighted by atomic mass is 10.1. The molecule has 0 bridgehead atoms. The van der Waals surface area contributed by atoms with Gasteiger partial charge in [-0.15, -0.1) is 0 Å². The number of aromatic hydroxyl groups is 1. The molecule has 0 spiro atoms. The molecule has 160 valence electrons. The van der Waals surface area contributed by atoms with Crippen LogP contribution in [0.5, 0.6) is 6.01 Å². The van der Waals surface area contributed by atoms with Gasteiger partial charge in [0.2, 0.25) is 0 Å². The van der Waals surface area contributed by atoms with E-state index in [9.17, 15) is 14.3 Å². The van der Waals surface area contributed by atoms with Gasteiger partial charge >= 0.3 is 6.01 Å². The fourth-order valence-electron chi connectivity index (χ4n) is 3.30. The van der Waals surface area contributed by atoms with Crippen molar-refractivity contribution in [1.82, 2.24) is 9.97 Å². The first kappa shape index (κ1) is 20.5. The van der Waals surface area contributed by atoms with Crippen LogP contribution in [0.25, 0.3) is 0 Å². The normalized spacial score (nSPS) is 13.7. The third-order valence-corrected chi connectivity index (χ3v) is 4.92. The van der Waals surface area contributed by atoms with E-state index < -0.39 is 11.7 Å². The Morgan fingerprint density at radius 3 is 2.74 bits per heavy atom. The summed E-state index contributed by atoms with van der Waals surface area (Å²) in [6, 6.07) is 10.9. The van der Waals surface area contributed by atoms with Crippen molar-refractivity contribution in [2.75, 3.05) is 41.8 Å². The smallest absolute Gasteiger partial charge is 0.315 e. The second-order valence-corrected chi connectivity index (χ2v) is 7.15. The van der Waals surface area contributed by atoms with E-state index in [4.69, 9.17) is 4.74 Å². The van der Waals surface area contributed by atoms with Crippen molar-refractivity contribution in [2.45, 2.75) is 6.92 Å². The van der Waals surface area contributed by atoms with Gasteiger partial charge in [0.15, 0.2) is 0 Å². The SMILES string of the molecule is Cc1ccc(NC(=O)c2cc(F)cc(N3CCOCC3)c2)cc1Nc1ccnc(O)n1. The molecule has 1 fully saturated rings. The summed E-state index contributed by atoms with van der Waals surface area (Å²) in [4.78, 5) is 22.4. The molecule has 1 aromatic heterocycles. The van der Waals surface area contributed by atoms with Crippen molar-refractivity contribution in [1.29, 1.82) is 0 Å². The third kappa shape index (κ3) is 5.07. The van der Waals surface area contributed by atoms with Gasteiger partial charge in [-0.25, -0.2) is 9.37 Å². The lowest BCUT2D eigenvalue weighted by molar-refractivity contribution is 0.102. The van der Waals surface area contributed by atoms with Crippen LogP contribution in [-0.4, -0.2) is 47.3 Å². The highest BCUT2D eigenvalue weighted by Gasteiger charge is 2.16. The molecule has 3 N–H and O–H groups in total. The molecule has 1 aliphatic heterocycles. The van der Waals surface area contributed by atoms with Crippen molar-refractivity contribution in [3.63, 3.8) is 0 Å². The topological polar surface area (TPSA) is 99.6 Å². The van der Waals surface area contributed by atoms with E-state index in [0.717, 1.165) is 5.56 Å². The Morgan fingerprint density at radius 1 is 1.16 bits per heavy atom. The number of aromatic nitrogens is 2. The molecular formula is C22H22FN5O3. The average molecular weight is 423 g/mol. The molecule has 0 unspecified atom stereocenters. The summed E-state index contributed by atoms with van der Waals surface area (Å²) in [5, 5.41) is 15.3. The first-order valence-corrected chi connectivity index (χ1v) is 9.82. The van der Waals surface area contributed by atoms with Gasteiger partial charge in [0, 0.05) is 41.9 Å². The number of rotatable bonds is 5. The Morgan fingerprint density at radius 2 is 1.97 bits per heavy atom. The van der Waals surface area contributed by atoms with Crippen LogP contribution in [0.3, 0.4) is 0 Å². The largest absolute Gasteiger partial charge is 0.479 e. The standard InChI is InChI=1S/C22H22FN5O3/c1-14-2-3-17(13-19(14)26-20-4-5-24-22(30)27-20)25-21(29)15-10-16(23)12-18(11-15)28-6-8-31-9-7-28/h2-5,10-13H,6-9H2,1H3,(H,25,29)(H2,24,26,27,30). The maximum absolute atomic E-state index is 14.2. The highest BCUT2D eigenvalue weighted by Crippen LogP contribution is 2.25. The highest BCUT2D eigenvalue weighted by molar-refractivity contribution is 6.05. The summed E-state index contributed by atoms with van der Waals surface area (Å²) in [7, 11) is 0. The number of carbonyl (C=O) groups excluding carboxylic acids is 1. The number of morpholine rings is 1. The van der Waals surface area contributed by atoms with Crippen LogP contribution in [0.2, 0.25) is 0 Å². The van der Waals surface area contributed by atoms with Gasteiger partial charge < -0.3 is 25.4 Å². The number of hydrogen-bond acceptors (Lipinski definition) is 7. The van der Waals surface area contributed by atoms with Crippen molar-refractivity contribution in [3.05, 3.63) is 65.6 Å². The molecule has 0 saturated carbocycles. The highest BCUT2D eigenvalue weighted by atomic mass is 19.1. The minimum Gasteiger partial charge on any atom is -0.479 e. The number of nitrogens with one attached hydrogen (secondary N) is 2. The molecular weight excluding hydrogens is 401 g/mol. The number of nitrogens with zero attached hydrogens (tertiary/aromatic N) is 3. The monoisotopic (exact) mass is 423 g/mol. The lowest BCUT2D eigenvalue weighted by Gasteiger charge is -2.29. The predicted molar refractivity (Wildman–Crippen MR) is 116 cm³/mol. The average Bonchev–Trinajstić information content (AvgIpc) is 2.76. The number of aryl methyl sites for hydroxylation is 1. The minimum absolute atomic E-state index is 0.234. The molecule has 4 rings (SSSR count). The van der Waals surface area contributed by atoms with E-state index in [2.05, 4.69) is 20.6 Å². The molecule has 31 heavy (non-hydrogen) atoms. The summed E-state index contributed by atoms with van der Waals surface area (Å²) in [6.45, 7) is 4.34. The predicted octanol–water partition coefficient (Wildman–Crippen LogP) is 3.46. The zero-order valence-electron chi connectivity index (χ0n) is 16.9. The number of carbonyl (C=O) groups is 1. The van der Waals surface area contributed by atoms with E-state index in [1.807, 2.05) is 17.9 Å². The Kier molecular flexibility index (Phi) is 5.94. The number of halogens is 1. The third-order valence-electron chi connectivity index (χ3n) is 4.92. The Balaban J connectivity index is 1.52. The van der Waals surface area contributed by atoms with E-state index in [0.29, 0.717) is 49.2 Å². The summed E-state index contributed by atoms with van der Waals surface area (Å²) >= 11 is 0. The van der Waals surface area contributed by atoms with E-state index in [1.165, 1.54) is 18.3 Å². The maximum Gasteiger partial charge on any atom is 0.315 e. The zero-order chi connectivity index (χ0) is 21.8. The van der Waals surface area contributed by atoms with Crippen LogP contribution in [0.1, 0.15) is 15.9 Å². The molecule has 1 amide bonds. The van der Waals surface area contributed by atoms with Crippen LogP contribution >= 0.6 is 0 Å². The van der Waals surface area contributed by atoms with Gasteiger partial charge in [0.05, 0.1) is 13.2 Å². The van der Waals surface area contributed by atoms with Crippen molar-refractivity contribution in [2.24, 2.45) is 0 Å². The fraction of sp³-hybridized carbons (Fsp3) is 0.227. The Labute approximate surface area is 178 Å². The first-order chi connectivity index (χ1) is 15.0. The first-order valence-electron chi connectivity index (χ1n) is 9.82. The molecule has 1 aliphatic rings. The molecule has 9 heteroatoms. The van der Waals surface area contributed by atoms with Crippen molar-refractivity contribution < 1.29 is 19.0 Å². The van der Waals surface area contributed by atoms with Crippen LogP contribution in [0.4, 0.5) is 27.3 Å². The van der Waals surface area contributed by atoms with Crippen LogP contribution in [-0.2, 0) is 4.74 Å². The van der Waals surface area contributed by atoms with E-state index >= 15 is 0 Å². The number of ether oxygens (including phenoxy) is 1. The summed E-state index contributed by atoms with van der Waals surface area (Å²) in [6.07, 6.45) is 1.43. The second kappa shape index (κ2) is 8.97. The lowest BCUT2D eigenvalue weighted by Crippen LogP contribution is -2.36. The van der Waals surface area contributed by atoms with Gasteiger partial charge in [-0.05, 0) is 48.9 Å². The summed E-state index contributed by atoms with van der Waals surface area (Å²) < 4.78 is 19.5. The molecule has 8 nitrogen and oxygen atoms in total.